The molecule has 1 amide bonds. The summed E-state index contributed by atoms with van der Waals surface area (Å²) in [5.41, 5.74) is 13.4. The second-order valence-electron chi connectivity index (χ2n) is 7.39. The van der Waals surface area contributed by atoms with Gasteiger partial charge in [-0.25, -0.2) is 5.84 Å². The van der Waals surface area contributed by atoms with Crippen LogP contribution in [0.1, 0.15) is 29.8 Å². The Morgan fingerprint density at radius 2 is 1.93 bits per heavy atom. The van der Waals surface area contributed by atoms with Gasteiger partial charge >= 0.3 is 0 Å². The third kappa shape index (κ3) is 4.90. The molecule has 1 aliphatic carbocycles. The third-order valence-electron chi connectivity index (χ3n) is 5.15. The highest BCUT2D eigenvalue weighted by Crippen LogP contribution is 2.24. The molecule has 2 fully saturated rings. The van der Waals surface area contributed by atoms with Crippen LogP contribution in [-0.4, -0.2) is 47.2 Å². The van der Waals surface area contributed by atoms with Gasteiger partial charge in [-0.3, -0.25) is 4.79 Å². The zero-order valence-corrected chi connectivity index (χ0v) is 16.1. The van der Waals surface area contributed by atoms with Gasteiger partial charge in [-0.05, 0) is 26.3 Å². The Balaban J connectivity index is 0.000000161. The molecule has 2 aromatic rings. The summed E-state index contributed by atoms with van der Waals surface area (Å²) in [6.07, 6.45) is 5.66. The van der Waals surface area contributed by atoms with E-state index in [1.807, 2.05) is 36.5 Å². The number of likely N-dealkylation sites (tertiary alicyclic amines) is 1. The number of hydrogen-bond donors (Lipinski definition) is 3. The second kappa shape index (κ2) is 8.90. The molecule has 0 bridgehead atoms. The predicted octanol–water partition coefficient (Wildman–Crippen LogP) is 1.52. The molecular weight excluding hydrogens is 356 g/mol. The lowest BCUT2D eigenvalue weighted by Crippen LogP contribution is -2.48. The van der Waals surface area contributed by atoms with E-state index in [9.17, 15) is 4.79 Å². The Bertz CT molecular complexity index is 809. The molecule has 1 saturated heterocycles. The highest BCUT2D eigenvalue weighted by molar-refractivity contribution is 5.90. The van der Waals surface area contributed by atoms with Crippen LogP contribution >= 0.6 is 0 Å². The maximum Gasteiger partial charge on any atom is 0.287 e. The van der Waals surface area contributed by atoms with E-state index >= 15 is 0 Å². The van der Waals surface area contributed by atoms with E-state index in [0.29, 0.717) is 17.7 Å². The third-order valence-corrected chi connectivity index (χ3v) is 5.15. The van der Waals surface area contributed by atoms with Crippen molar-refractivity contribution in [1.29, 1.82) is 0 Å². The van der Waals surface area contributed by atoms with Crippen molar-refractivity contribution in [2.24, 2.45) is 23.2 Å². The maximum absolute atomic E-state index is 10.7. The van der Waals surface area contributed by atoms with Gasteiger partial charge in [0.1, 0.15) is 5.69 Å². The molecule has 0 spiro atoms. The molecule has 8 nitrogen and oxygen atoms in total. The zero-order chi connectivity index (χ0) is 20.1. The molecule has 0 atom stereocenters. The number of aromatic nitrogens is 1. The van der Waals surface area contributed by atoms with Gasteiger partial charge in [0.15, 0.2) is 0 Å². The minimum atomic E-state index is -0.611. The van der Waals surface area contributed by atoms with E-state index in [4.69, 9.17) is 21.8 Å². The van der Waals surface area contributed by atoms with E-state index < -0.39 is 5.91 Å². The first kappa shape index (κ1) is 19.9. The second-order valence-corrected chi connectivity index (χ2v) is 7.39. The number of hydrazine groups is 1. The fourth-order valence-electron chi connectivity index (χ4n) is 3.11. The summed E-state index contributed by atoms with van der Waals surface area (Å²) >= 11 is 0. The lowest BCUT2D eigenvalue weighted by Gasteiger charge is -2.38. The largest absolute Gasteiger partial charge is 0.401 e. The van der Waals surface area contributed by atoms with Gasteiger partial charge in [-0.15, -0.1) is 0 Å². The summed E-state index contributed by atoms with van der Waals surface area (Å²) in [5.74, 6) is 5.88. The van der Waals surface area contributed by atoms with Crippen molar-refractivity contribution in [2.45, 2.75) is 25.3 Å². The Morgan fingerprint density at radius 3 is 2.43 bits per heavy atom. The quantitative estimate of drug-likeness (QED) is 0.527. The number of benzene rings is 1. The fraction of sp³-hybridized carbons (Fsp3) is 0.400. The van der Waals surface area contributed by atoms with E-state index in [2.05, 4.69) is 17.1 Å². The van der Waals surface area contributed by atoms with Crippen molar-refractivity contribution in [3.63, 3.8) is 0 Å². The van der Waals surface area contributed by atoms with Crippen molar-refractivity contribution in [2.75, 3.05) is 20.1 Å². The molecule has 28 heavy (non-hydrogen) atoms. The number of amides is 1. The van der Waals surface area contributed by atoms with Gasteiger partial charge in [-0.1, -0.05) is 35.5 Å². The van der Waals surface area contributed by atoms with Crippen LogP contribution in [0.2, 0.25) is 0 Å². The molecule has 1 aromatic carbocycles. The lowest BCUT2D eigenvalue weighted by molar-refractivity contribution is 0.0965. The standard InChI is InChI=1S/C10H20N4.C10H8N2O2/c1-13-5-8(6-13)10(11)7-14(12)9-3-2-4-9;11-10(13)9-6-8(12-14-9)7-4-2-1-3-5-7/h7-9H,2-6,11-12H2,1H3;1-6H,(H2,11,13)/b10-7-;. The van der Waals surface area contributed by atoms with E-state index in [1.165, 1.54) is 25.3 Å². The van der Waals surface area contributed by atoms with Crippen molar-refractivity contribution < 1.29 is 9.32 Å². The van der Waals surface area contributed by atoms with Gasteiger partial charge < -0.3 is 25.9 Å². The molecule has 4 rings (SSSR count). The molecule has 2 heterocycles. The summed E-state index contributed by atoms with van der Waals surface area (Å²) in [7, 11) is 2.11. The molecule has 8 heteroatoms. The van der Waals surface area contributed by atoms with Crippen LogP contribution in [0.3, 0.4) is 0 Å². The first-order valence-electron chi connectivity index (χ1n) is 9.44. The summed E-state index contributed by atoms with van der Waals surface area (Å²) in [6, 6.07) is 11.5. The van der Waals surface area contributed by atoms with Crippen LogP contribution < -0.4 is 17.3 Å². The molecule has 2 aliphatic rings. The molecule has 6 N–H and O–H groups in total. The molecular formula is C20H28N6O2. The highest BCUT2D eigenvalue weighted by atomic mass is 16.5. The molecule has 1 aliphatic heterocycles. The maximum atomic E-state index is 10.7. The topological polar surface area (TPSA) is 128 Å². The highest BCUT2D eigenvalue weighted by Gasteiger charge is 2.27. The van der Waals surface area contributed by atoms with Gasteiger partial charge in [0.2, 0.25) is 5.76 Å². The zero-order valence-electron chi connectivity index (χ0n) is 16.1. The number of carbonyl (C=O) groups excluding carboxylic acids is 1. The first-order chi connectivity index (χ1) is 13.4. The Kier molecular flexibility index (Phi) is 6.33. The number of hydrogen-bond acceptors (Lipinski definition) is 7. The minimum absolute atomic E-state index is 0.0730. The van der Waals surface area contributed by atoms with E-state index in [1.54, 1.807) is 5.01 Å². The van der Waals surface area contributed by atoms with Crippen molar-refractivity contribution >= 4 is 5.91 Å². The molecule has 150 valence electrons. The smallest absolute Gasteiger partial charge is 0.287 e. The van der Waals surface area contributed by atoms with Crippen LogP contribution in [0.4, 0.5) is 0 Å². The summed E-state index contributed by atoms with van der Waals surface area (Å²) in [5, 5.41) is 5.53. The number of primary amides is 1. The minimum Gasteiger partial charge on any atom is -0.401 e. The van der Waals surface area contributed by atoms with Gasteiger partial charge in [0.25, 0.3) is 5.91 Å². The molecule has 1 saturated carbocycles. The van der Waals surface area contributed by atoms with Crippen LogP contribution in [0.25, 0.3) is 11.3 Å². The van der Waals surface area contributed by atoms with Crippen molar-refractivity contribution in [1.82, 2.24) is 15.1 Å². The van der Waals surface area contributed by atoms with E-state index in [0.717, 1.165) is 24.4 Å². The van der Waals surface area contributed by atoms with Crippen LogP contribution in [0, 0.1) is 5.92 Å². The normalized spacial score (nSPS) is 17.9. The predicted molar refractivity (Wildman–Crippen MR) is 107 cm³/mol. The van der Waals surface area contributed by atoms with Crippen LogP contribution in [-0.2, 0) is 0 Å². The van der Waals surface area contributed by atoms with Gasteiger partial charge in [0.05, 0.1) is 0 Å². The first-order valence-corrected chi connectivity index (χ1v) is 9.44. The number of carbonyl (C=O) groups is 1. The average Bonchev–Trinajstić information content (AvgIpc) is 3.09. The van der Waals surface area contributed by atoms with Gasteiger partial charge in [-0.2, -0.15) is 0 Å². The average molecular weight is 384 g/mol. The molecule has 0 unspecified atom stereocenters. The number of nitrogens with zero attached hydrogens (tertiary/aromatic N) is 3. The lowest BCUT2D eigenvalue weighted by atomic mass is 9.92. The summed E-state index contributed by atoms with van der Waals surface area (Å²) in [6.45, 7) is 2.14. The van der Waals surface area contributed by atoms with E-state index in [-0.39, 0.29) is 5.76 Å². The van der Waals surface area contributed by atoms with Crippen molar-refractivity contribution in [3.05, 3.63) is 54.1 Å². The summed E-state index contributed by atoms with van der Waals surface area (Å²) < 4.78 is 4.76. The Labute approximate surface area is 164 Å². The van der Waals surface area contributed by atoms with Crippen LogP contribution in [0.15, 0.2) is 52.8 Å². The van der Waals surface area contributed by atoms with Crippen LogP contribution in [0.5, 0.6) is 0 Å². The van der Waals surface area contributed by atoms with Crippen molar-refractivity contribution in [3.8, 4) is 11.3 Å². The monoisotopic (exact) mass is 384 g/mol. The fourth-order valence-corrected chi connectivity index (χ4v) is 3.11. The number of rotatable bonds is 5. The Morgan fingerprint density at radius 1 is 1.25 bits per heavy atom. The summed E-state index contributed by atoms with van der Waals surface area (Å²) in [4.78, 5) is 13.0. The molecule has 1 aromatic heterocycles. The Hall–Kier alpha value is -2.84. The molecule has 0 radical (unpaired) electrons. The SMILES string of the molecule is CN1CC(/C(N)=C/N(N)C2CCC2)C1.NC(=O)c1cc(-c2ccccc2)no1. The number of nitrogens with two attached hydrogens (primary N) is 3. The van der Waals surface area contributed by atoms with Gasteiger partial charge in [0, 0.05) is 48.6 Å².